The van der Waals surface area contributed by atoms with Gasteiger partial charge in [0.15, 0.2) is 0 Å². The SMILES string of the molecule is Fc1ccc(C(Cl)c2c(F)cccc2F)c(F)c1. The van der Waals surface area contributed by atoms with Crippen LogP contribution in [0.4, 0.5) is 17.6 Å². The van der Waals surface area contributed by atoms with Crippen LogP contribution in [0.25, 0.3) is 0 Å². The van der Waals surface area contributed by atoms with Crippen molar-refractivity contribution in [2.45, 2.75) is 5.38 Å². The van der Waals surface area contributed by atoms with E-state index in [-0.39, 0.29) is 5.56 Å². The van der Waals surface area contributed by atoms with Gasteiger partial charge < -0.3 is 0 Å². The first kappa shape index (κ1) is 12.9. The second kappa shape index (κ2) is 4.98. The van der Waals surface area contributed by atoms with Gasteiger partial charge in [0.1, 0.15) is 23.3 Å². The van der Waals surface area contributed by atoms with Crippen LogP contribution in [0.15, 0.2) is 36.4 Å². The topological polar surface area (TPSA) is 0 Å². The van der Waals surface area contributed by atoms with Crippen LogP contribution in [0, 0.1) is 23.3 Å². The fraction of sp³-hybridized carbons (Fsp3) is 0.0769. The molecule has 0 saturated heterocycles. The van der Waals surface area contributed by atoms with Gasteiger partial charge in [0, 0.05) is 17.2 Å². The Hall–Kier alpha value is -1.55. The summed E-state index contributed by atoms with van der Waals surface area (Å²) in [7, 11) is 0. The fourth-order valence-electron chi connectivity index (χ4n) is 1.62. The van der Waals surface area contributed by atoms with E-state index >= 15 is 0 Å². The third kappa shape index (κ3) is 2.34. The first-order chi connectivity index (χ1) is 8.50. The van der Waals surface area contributed by atoms with Gasteiger partial charge >= 0.3 is 0 Å². The van der Waals surface area contributed by atoms with Gasteiger partial charge in [0.25, 0.3) is 0 Å². The first-order valence-corrected chi connectivity index (χ1v) is 5.47. The van der Waals surface area contributed by atoms with Crippen LogP contribution >= 0.6 is 11.6 Å². The molecule has 5 heteroatoms. The highest BCUT2D eigenvalue weighted by atomic mass is 35.5. The second-order valence-corrected chi connectivity index (χ2v) is 4.10. The molecule has 2 rings (SSSR count). The van der Waals surface area contributed by atoms with Crippen LogP contribution < -0.4 is 0 Å². The minimum absolute atomic E-state index is 0.179. The van der Waals surface area contributed by atoms with E-state index in [2.05, 4.69) is 0 Å². The Morgan fingerprint density at radius 1 is 0.833 bits per heavy atom. The summed E-state index contributed by atoms with van der Waals surface area (Å²) in [5.41, 5.74) is -0.633. The number of hydrogen-bond donors (Lipinski definition) is 0. The molecule has 94 valence electrons. The lowest BCUT2D eigenvalue weighted by atomic mass is 10.0. The van der Waals surface area contributed by atoms with Crippen LogP contribution in [0.3, 0.4) is 0 Å². The van der Waals surface area contributed by atoms with Crippen molar-refractivity contribution in [3.8, 4) is 0 Å². The molecular weight excluding hydrogens is 268 g/mol. The maximum Gasteiger partial charge on any atom is 0.131 e. The highest BCUT2D eigenvalue weighted by molar-refractivity contribution is 6.22. The lowest BCUT2D eigenvalue weighted by Crippen LogP contribution is -2.03. The van der Waals surface area contributed by atoms with Crippen molar-refractivity contribution in [3.63, 3.8) is 0 Å². The highest BCUT2D eigenvalue weighted by Gasteiger charge is 2.22. The van der Waals surface area contributed by atoms with Crippen molar-refractivity contribution >= 4 is 11.6 Å². The zero-order valence-corrected chi connectivity index (χ0v) is 9.69. The maximum absolute atomic E-state index is 13.5. The second-order valence-electron chi connectivity index (χ2n) is 3.66. The average Bonchev–Trinajstić information content (AvgIpc) is 2.28. The number of rotatable bonds is 2. The van der Waals surface area contributed by atoms with Crippen molar-refractivity contribution in [1.82, 2.24) is 0 Å². The van der Waals surface area contributed by atoms with E-state index in [0.29, 0.717) is 6.07 Å². The van der Waals surface area contributed by atoms with Gasteiger partial charge in [0.2, 0.25) is 0 Å². The van der Waals surface area contributed by atoms with E-state index in [1.807, 2.05) is 0 Å². The van der Waals surface area contributed by atoms with Crippen LogP contribution in [0.2, 0.25) is 0 Å². The Labute approximate surface area is 106 Å². The molecular formula is C13H7ClF4. The van der Waals surface area contributed by atoms with Gasteiger partial charge in [-0.3, -0.25) is 0 Å². The van der Waals surface area contributed by atoms with Crippen LogP contribution in [-0.2, 0) is 0 Å². The molecule has 0 nitrogen and oxygen atoms in total. The molecule has 18 heavy (non-hydrogen) atoms. The van der Waals surface area contributed by atoms with E-state index in [0.717, 1.165) is 24.3 Å². The molecule has 0 fully saturated rings. The summed E-state index contributed by atoms with van der Waals surface area (Å²) < 4.78 is 53.2. The molecule has 0 aliphatic heterocycles. The summed E-state index contributed by atoms with van der Waals surface area (Å²) in [5.74, 6) is -3.48. The zero-order valence-electron chi connectivity index (χ0n) is 8.93. The van der Waals surface area contributed by atoms with Crippen molar-refractivity contribution in [1.29, 1.82) is 0 Å². The summed E-state index contributed by atoms with van der Waals surface area (Å²) in [6.07, 6.45) is 0. The average molecular weight is 275 g/mol. The van der Waals surface area contributed by atoms with Crippen molar-refractivity contribution in [3.05, 3.63) is 70.8 Å². The molecule has 0 spiro atoms. The lowest BCUT2D eigenvalue weighted by Gasteiger charge is -2.13. The van der Waals surface area contributed by atoms with Crippen LogP contribution in [0.5, 0.6) is 0 Å². The van der Waals surface area contributed by atoms with E-state index in [9.17, 15) is 17.6 Å². The molecule has 2 aromatic carbocycles. The smallest absolute Gasteiger partial charge is 0.131 e. The van der Waals surface area contributed by atoms with Crippen molar-refractivity contribution in [2.75, 3.05) is 0 Å². The van der Waals surface area contributed by atoms with Crippen LogP contribution in [0.1, 0.15) is 16.5 Å². The number of alkyl halides is 1. The Bertz CT molecular complexity index is 563. The van der Waals surface area contributed by atoms with Gasteiger partial charge in [-0.25, -0.2) is 17.6 Å². The van der Waals surface area contributed by atoms with Crippen molar-refractivity contribution < 1.29 is 17.6 Å². The summed E-state index contributed by atoms with van der Waals surface area (Å²) in [4.78, 5) is 0. The molecule has 1 unspecified atom stereocenters. The largest absolute Gasteiger partial charge is 0.207 e. The standard InChI is InChI=1S/C13H7ClF4/c14-13(8-5-4-7(15)6-11(8)18)12-9(16)2-1-3-10(12)17/h1-6,13H. The van der Waals surface area contributed by atoms with E-state index in [1.165, 1.54) is 6.07 Å². The number of benzene rings is 2. The number of hydrogen-bond acceptors (Lipinski definition) is 0. The quantitative estimate of drug-likeness (QED) is 0.556. The van der Waals surface area contributed by atoms with Gasteiger partial charge in [-0.1, -0.05) is 12.1 Å². The Balaban J connectivity index is 2.51. The number of halogens is 5. The van der Waals surface area contributed by atoms with Gasteiger partial charge in [-0.2, -0.15) is 0 Å². The zero-order chi connectivity index (χ0) is 13.3. The third-order valence-corrected chi connectivity index (χ3v) is 2.94. The molecule has 0 N–H and O–H groups in total. The minimum Gasteiger partial charge on any atom is -0.207 e. The van der Waals surface area contributed by atoms with E-state index in [1.54, 1.807) is 0 Å². The van der Waals surface area contributed by atoms with Gasteiger partial charge in [0.05, 0.1) is 5.38 Å². The predicted octanol–water partition coefficient (Wildman–Crippen LogP) is 4.57. The Kier molecular flexibility index (Phi) is 3.57. The Morgan fingerprint density at radius 2 is 1.44 bits per heavy atom. The summed E-state index contributed by atoms with van der Waals surface area (Å²) >= 11 is 5.86. The molecule has 0 aliphatic carbocycles. The van der Waals surface area contributed by atoms with Gasteiger partial charge in [-0.15, -0.1) is 11.6 Å². The molecule has 0 radical (unpaired) electrons. The first-order valence-electron chi connectivity index (χ1n) is 5.03. The maximum atomic E-state index is 13.5. The predicted molar refractivity (Wildman–Crippen MR) is 60.4 cm³/mol. The summed E-state index contributed by atoms with van der Waals surface area (Å²) in [6.45, 7) is 0. The molecule has 1 atom stereocenters. The van der Waals surface area contributed by atoms with Crippen molar-refractivity contribution in [2.24, 2.45) is 0 Å². The van der Waals surface area contributed by atoms with E-state index < -0.39 is 34.2 Å². The summed E-state index contributed by atoms with van der Waals surface area (Å²) in [5, 5.41) is -1.35. The molecule has 0 bridgehead atoms. The molecule has 0 amide bonds. The minimum atomic E-state index is -1.35. The molecule has 0 aliphatic rings. The fourth-order valence-corrected chi connectivity index (χ4v) is 2.00. The molecule has 2 aromatic rings. The summed E-state index contributed by atoms with van der Waals surface area (Å²) in [6, 6.07) is 5.88. The lowest BCUT2D eigenvalue weighted by molar-refractivity contribution is 0.548. The molecule has 0 heterocycles. The van der Waals surface area contributed by atoms with Gasteiger partial charge in [-0.05, 0) is 18.2 Å². The normalized spacial score (nSPS) is 12.5. The molecule has 0 saturated carbocycles. The Morgan fingerprint density at radius 3 is 2.00 bits per heavy atom. The highest BCUT2D eigenvalue weighted by Crippen LogP contribution is 2.33. The third-order valence-electron chi connectivity index (χ3n) is 2.49. The monoisotopic (exact) mass is 274 g/mol. The van der Waals surface area contributed by atoms with Crippen LogP contribution in [-0.4, -0.2) is 0 Å². The molecule has 0 aromatic heterocycles. The van der Waals surface area contributed by atoms with E-state index in [4.69, 9.17) is 11.6 Å².